The topological polar surface area (TPSA) is 0 Å². The molecule has 0 unspecified atom stereocenters. The third kappa shape index (κ3) is 7.68. The second-order valence-corrected chi connectivity index (χ2v) is 22.6. The van der Waals surface area contributed by atoms with Crippen molar-refractivity contribution in [3.63, 3.8) is 0 Å². The molecule has 9 aromatic rings. The lowest BCUT2D eigenvalue weighted by Gasteiger charge is -2.10. The molecule has 0 atom stereocenters. The van der Waals surface area contributed by atoms with Gasteiger partial charge in [-0.15, -0.1) is 56.7 Å². The average Bonchev–Trinajstić information content (AvgIpc) is 4.00. The molecule has 9 rings (SSSR count). The molecule has 5 heteroatoms. The fourth-order valence-corrected chi connectivity index (χ4v) is 16.5. The van der Waals surface area contributed by atoms with Crippen LogP contribution in [0.4, 0.5) is 0 Å². The zero-order chi connectivity index (χ0) is 43.0. The lowest BCUT2D eigenvalue weighted by atomic mass is 9.98. The minimum absolute atomic E-state index is 1.31. The lowest BCUT2D eigenvalue weighted by Crippen LogP contribution is -1.87. The number of thiophene rings is 5. The summed E-state index contributed by atoms with van der Waals surface area (Å²) in [5.74, 6) is 0. The predicted molar refractivity (Wildman–Crippen MR) is 276 cm³/mol. The van der Waals surface area contributed by atoms with Crippen LogP contribution in [-0.4, -0.2) is 0 Å². The Morgan fingerprint density at radius 3 is 0.623 bits per heavy atom. The molecule has 306 valence electrons. The van der Waals surface area contributed by atoms with Crippen molar-refractivity contribution in [1.82, 2.24) is 0 Å². The van der Waals surface area contributed by atoms with Gasteiger partial charge < -0.3 is 0 Å². The van der Waals surface area contributed by atoms with Crippen LogP contribution in [0.3, 0.4) is 0 Å². The Bertz CT molecular complexity index is 2860. The van der Waals surface area contributed by atoms with E-state index in [1.165, 1.54) is 149 Å². The Morgan fingerprint density at radius 1 is 0.213 bits per heavy atom. The average molecular weight is 885 g/mol. The van der Waals surface area contributed by atoms with Crippen molar-refractivity contribution in [2.75, 3.05) is 0 Å². The first-order chi connectivity index (χ1) is 29.1. The Kier molecular flexibility index (Phi) is 11.1. The molecular weight excluding hydrogens is 833 g/mol. The van der Waals surface area contributed by atoms with E-state index in [1.807, 2.05) is 56.7 Å². The minimum Gasteiger partial charge on any atom is -0.135 e. The molecule has 5 heterocycles. The summed E-state index contributed by atoms with van der Waals surface area (Å²) in [7, 11) is 0. The van der Waals surface area contributed by atoms with Crippen LogP contribution in [0.15, 0.2) is 97.1 Å². The van der Waals surface area contributed by atoms with Gasteiger partial charge in [-0.25, -0.2) is 0 Å². The van der Waals surface area contributed by atoms with Crippen molar-refractivity contribution in [2.24, 2.45) is 0 Å². The number of hydrogen-bond acceptors (Lipinski definition) is 5. The maximum Gasteiger partial charge on any atom is 0.0543 e. The Balaban J connectivity index is 1.32. The summed E-state index contributed by atoms with van der Waals surface area (Å²) in [6, 6.07) is 37.7. The van der Waals surface area contributed by atoms with E-state index in [9.17, 15) is 0 Å². The Labute approximate surface area is 382 Å². The molecule has 0 radical (unpaired) electrons. The summed E-state index contributed by atoms with van der Waals surface area (Å²) in [5, 5.41) is 0. The summed E-state index contributed by atoms with van der Waals surface area (Å²) >= 11 is 9.75. The van der Waals surface area contributed by atoms with Crippen molar-refractivity contribution in [2.45, 2.75) is 83.1 Å². The van der Waals surface area contributed by atoms with Crippen molar-refractivity contribution in [3.8, 4) is 82.2 Å². The molecule has 5 aromatic heterocycles. The standard InChI is InChI=1S/C56H52S5/c1-29-21-33(5)49(34(6)22-29)41-13-15-45(57-41)53-54(46-16-14-42(58-46)50-35(7)23-30(2)24-36(50)8)56(48-20-18-44(60-48)52-39(11)27-32(4)28-40(52)12)61-55(53)47-19-17-43(59-47)51-37(9)25-31(3)26-38(51)10/h13-28H,1-12H3. The summed E-state index contributed by atoms with van der Waals surface area (Å²) in [6.45, 7) is 26.9. The van der Waals surface area contributed by atoms with Crippen molar-refractivity contribution in [1.29, 1.82) is 0 Å². The van der Waals surface area contributed by atoms with Gasteiger partial charge in [0, 0.05) is 50.1 Å². The zero-order valence-electron chi connectivity index (χ0n) is 37.3. The first kappa shape index (κ1) is 41.7. The SMILES string of the molecule is Cc1cc(C)c(-c2ccc(-c3sc(-c4ccc(-c5c(C)cc(C)cc5C)s4)c(-c4ccc(-c5c(C)cc(C)cc5C)s4)c3-c3ccc(-c4c(C)cc(C)cc4C)s3)s2)c(C)c1. The van der Waals surface area contributed by atoms with Crippen LogP contribution in [-0.2, 0) is 0 Å². The van der Waals surface area contributed by atoms with Crippen LogP contribution < -0.4 is 0 Å². The van der Waals surface area contributed by atoms with Crippen LogP contribution in [0, 0.1) is 83.1 Å². The molecule has 61 heavy (non-hydrogen) atoms. The maximum atomic E-state index is 2.40. The van der Waals surface area contributed by atoms with E-state index in [4.69, 9.17) is 0 Å². The van der Waals surface area contributed by atoms with E-state index in [1.54, 1.807) is 0 Å². The predicted octanol–water partition coefficient (Wildman–Crippen LogP) is 19.0. The van der Waals surface area contributed by atoms with Gasteiger partial charge in [0.15, 0.2) is 0 Å². The third-order valence-corrected chi connectivity index (χ3v) is 18.0. The van der Waals surface area contributed by atoms with Gasteiger partial charge in [-0.2, -0.15) is 0 Å². The number of rotatable bonds is 8. The van der Waals surface area contributed by atoms with Crippen LogP contribution >= 0.6 is 56.7 Å². The van der Waals surface area contributed by atoms with Gasteiger partial charge in [-0.3, -0.25) is 0 Å². The van der Waals surface area contributed by atoms with Gasteiger partial charge in [-0.1, -0.05) is 70.8 Å². The molecule has 0 saturated heterocycles. The molecule has 0 bridgehead atoms. The van der Waals surface area contributed by atoms with E-state index in [2.05, 4.69) is 180 Å². The summed E-state index contributed by atoms with van der Waals surface area (Å²) < 4.78 is 0. The molecule has 0 amide bonds. The zero-order valence-corrected chi connectivity index (χ0v) is 41.4. The van der Waals surface area contributed by atoms with Crippen LogP contribution in [0.5, 0.6) is 0 Å². The van der Waals surface area contributed by atoms with Crippen LogP contribution in [0.25, 0.3) is 82.2 Å². The van der Waals surface area contributed by atoms with E-state index < -0.39 is 0 Å². The van der Waals surface area contributed by atoms with Crippen molar-refractivity contribution in [3.05, 3.63) is 164 Å². The summed E-state index contributed by atoms with van der Waals surface area (Å²) in [4.78, 5) is 13.3. The molecular formula is C56H52S5. The van der Waals surface area contributed by atoms with Crippen LogP contribution in [0.1, 0.15) is 66.8 Å². The first-order valence-corrected chi connectivity index (χ1v) is 25.1. The first-order valence-electron chi connectivity index (χ1n) is 21.1. The number of benzene rings is 4. The molecule has 0 saturated carbocycles. The smallest absolute Gasteiger partial charge is 0.0543 e. The monoisotopic (exact) mass is 884 g/mol. The minimum atomic E-state index is 1.31. The van der Waals surface area contributed by atoms with E-state index in [0.29, 0.717) is 0 Å². The molecule has 4 aromatic carbocycles. The molecule has 0 aliphatic heterocycles. The van der Waals surface area contributed by atoms with E-state index in [-0.39, 0.29) is 0 Å². The summed E-state index contributed by atoms with van der Waals surface area (Å²) in [5.41, 5.74) is 24.1. The highest BCUT2D eigenvalue weighted by Crippen LogP contribution is 2.58. The quantitative estimate of drug-likeness (QED) is 0.143. The summed E-state index contributed by atoms with van der Waals surface area (Å²) in [6.07, 6.45) is 0. The molecule has 0 nitrogen and oxygen atoms in total. The fraction of sp³-hybridized carbons (Fsp3) is 0.214. The van der Waals surface area contributed by atoms with E-state index in [0.717, 1.165) is 0 Å². The number of hydrogen-bond donors (Lipinski definition) is 0. The fourth-order valence-electron chi connectivity index (χ4n) is 9.92. The molecule has 0 spiro atoms. The molecule has 0 aliphatic rings. The highest BCUT2D eigenvalue weighted by molar-refractivity contribution is 7.30. The second kappa shape index (κ2) is 16.3. The van der Waals surface area contributed by atoms with Gasteiger partial charge in [0.05, 0.1) is 9.75 Å². The largest absolute Gasteiger partial charge is 0.135 e. The molecule has 0 aliphatic carbocycles. The molecule has 0 fully saturated rings. The van der Waals surface area contributed by atoms with Crippen molar-refractivity contribution >= 4 is 56.7 Å². The second-order valence-electron chi connectivity index (χ2n) is 17.3. The third-order valence-electron chi connectivity index (χ3n) is 12.0. The normalized spacial score (nSPS) is 11.6. The highest BCUT2D eigenvalue weighted by atomic mass is 32.1. The van der Waals surface area contributed by atoms with Gasteiger partial charge >= 0.3 is 0 Å². The lowest BCUT2D eigenvalue weighted by molar-refractivity contribution is 1.33. The highest BCUT2D eigenvalue weighted by Gasteiger charge is 2.28. The van der Waals surface area contributed by atoms with Gasteiger partial charge in [0.2, 0.25) is 0 Å². The van der Waals surface area contributed by atoms with Gasteiger partial charge in [0.25, 0.3) is 0 Å². The van der Waals surface area contributed by atoms with Gasteiger partial charge in [0.1, 0.15) is 0 Å². The number of aryl methyl sites for hydroxylation is 12. The Hall–Kier alpha value is -4.62. The van der Waals surface area contributed by atoms with Crippen LogP contribution in [0.2, 0.25) is 0 Å². The van der Waals surface area contributed by atoms with E-state index >= 15 is 0 Å². The maximum absolute atomic E-state index is 2.40. The molecule has 0 N–H and O–H groups in total. The van der Waals surface area contributed by atoms with Gasteiger partial charge in [-0.05, 0) is 198 Å². The Morgan fingerprint density at radius 2 is 0.393 bits per heavy atom. The van der Waals surface area contributed by atoms with Crippen molar-refractivity contribution < 1.29 is 0 Å².